The molecule has 5 nitrogen and oxygen atoms in total. The quantitative estimate of drug-likeness (QED) is 0.786. The lowest BCUT2D eigenvalue weighted by atomic mass is 10.1. The number of piperazine rings is 1. The number of amides is 1. The Morgan fingerprint density at radius 1 is 1.14 bits per heavy atom. The zero-order valence-electron chi connectivity index (χ0n) is 15.8. The van der Waals surface area contributed by atoms with Gasteiger partial charge in [0.15, 0.2) is 0 Å². The number of carbonyl (C=O) groups is 1. The molecule has 0 radical (unpaired) electrons. The van der Waals surface area contributed by atoms with Gasteiger partial charge in [-0.25, -0.2) is 4.39 Å². The molecule has 1 saturated heterocycles. The molecule has 0 aliphatic carbocycles. The maximum Gasteiger partial charge on any atom is 0.224 e. The maximum absolute atomic E-state index is 13.1. The average molecular weight is 404 g/mol. The summed E-state index contributed by atoms with van der Waals surface area (Å²) in [5.74, 6) is 0.687. The maximum atomic E-state index is 13.1. The van der Waals surface area contributed by atoms with Crippen LogP contribution in [0.1, 0.15) is 6.42 Å². The summed E-state index contributed by atoms with van der Waals surface area (Å²) in [6.07, 6.45) is 0.402. The Morgan fingerprint density at radius 2 is 1.86 bits per heavy atom. The third kappa shape index (κ3) is 3.87. The highest BCUT2D eigenvalue weighted by atomic mass is 35.5. The second kappa shape index (κ2) is 7.87. The number of hydrogen-bond donors (Lipinski definition) is 0. The van der Waals surface area contributed by atoms with E-state index in [9.17, 15) is 9.18 Å². The molecule has 7 heteroatoms. The van der Waals surface area contributed by atoms with Crippen LogP contribution in [0.3, 0.4) is 0 Å². The summed E-state index contributed by atoms with van der Waals surface area (Å²) in [7, 11) is 1.97. The highest BCUT2D eigenvalue weighted by molar-refractivity contribution is 6.31. The first-order chi connectivity index (χ1) is 13.5. The first-order valence-corrected chi connectivity index (χ1v) is 9.82. The van der Waals surface area contributed by atoms with Crippen molar-refractivity contribution in [1.29, 1.82) is 0 Å². The molecule has 2 aromatic carbocycles. The van der Waals surface area contributed by atoms with Crippen LogP contribution in [0, 0.1) is 5.82 Å². The van der Waals surface area contributed by atoms with Crippen LogP contribution in [0.2, 0.25) is 5.02 Å². The second-order valence-electron chi connectivity index (χ2n) is 7.24. The smallest absolute Gasteiger partial charge is 0.224 e. The molecule has 1 atom stereocenters. The first-order valence-electron chi connectivity index (χ1n) is 9.45. The SMILES string of the molecule is CN1c2cc(Cl)ccc2OCC1CC(=O)N1CCN(c2ccc(F)cc2)CC1. The van der Waals surface area contributed by atoms with Crippen molar-refractivity contribution in [2.45, 2.75) is 12.5 Å². The standard InChI is InChI=1S/C21H23ClFN3O2/c1-24-18(14-28-20-7-2-15(22)12-19(20)24)13-21(27)26-10-8-25(9-11-26)17-5-3-16(23)4-6-17/h2-7,12,18H,8-11,13-14H2,1H3. The fourth-order valence-corrected chi connectivity index (χ4v) is 3.94. The van der Waals surface area contributed by atoms with Gasteiger partial charge in [0.1, 0.15) is 18.2 Å². The molecule has 28 heavy (non-hydrogen) atoms. The van der Waals surface area contributed by atoms with E-state index in [2.05, 4.69) is 9.80 Å². The minimum atomic E-state index is -0.237. The number of ether oxygens (including phenoxy) is 1. The number of benzene rings is 2. The summed E-state index contributed by atoms with van der Waals surface area (Å²) in [4.78, 5) is 19.0. The Hall–Kier alpha value is -2.47. The molecule has 1 fully saturated rings. The highest BCUT2D eigenvalue weighted by Crippen LogP contribution is 2.35. The Balaban J connectivity index is 1.34. The van der Waals surface area contributed by atoms with Gasteiger partial charge in [0.2, 0.25) is 5.91 Å². The van der Waals surface area contributed by atoms with Crippen LogP contribution in [0.25, 0.3) is 0 Å². The van der Waals surface area contributed by atoms with Crippen molar-refractivity contribution in [3.05, 3.63) is 53.3 Å². The molecular formula is C21H23ClFN3O2. The molecule has 148 valence electrons. The molecule has 2 aliphatic rings. The molecule has 2 aliphatic heterocycles. The first kappa shape index (κ1) is 18.9. The Labute approximate surface area is 169 Å². The van der Waals surface area contributed by atoms with Crippen molar-refractivity contribution in [3.8, 4) is 5.75 Å². The molecule has 0 saturated carbocycles. The average Bonchev–Trinajstić information content (AvgIpc) is 2.71. The predicted molar refractivity (Wildman–Crippen MR) is 109 cm³/mol. The fourth-order valence-electron chi connectivity index (χ4n) is 3.78. The van der Waals surface area contributed by atoms with E-state index < -0.39 is 0 Å². The Morgan fingerprint density at radius 3 is 2.57 bits per heavy atom. The highest BCUT2D eigenvalue weighted by Gasteiger charge is 2.30. The van der Waals surface area contributed by atoms with Gasteiger partial charge >= 0.3 is 0 Å². The normalized spacial score (nSPS) is 19.2. The van der Waals surface area contributed by atoms with E-state index in [0.717, 1.165) is 30.2 Å². The Bertz CT molecular complexity index is 853. The summed E-state index contributed by atoms with van der Waals surface area (Å²) < 4.78 is 18.9. The number of hydrogen-bond acceptors (Lipinski definition) is 4. The molecular weight excluding hydrogens is 381 g/mol. The zero-order valence-corrected chi connectivity index (χ0v) is 16.5. The van der Waals surface area contributed by atoms with Crippen molar-refractivity contribution in [3.63, 3.8) is 0 Å². The van der Waals surface area contributed by atoms with E-state index in [4.69, 9.17) is 16.3 Å². The van der Waals surface area contributed by atoms with E-state index in [0.29, 0.717) is 31.1 Å². The third-order valence-electron chi connectivity index (χ3n) is 5.51. The van der Waals surface area contributed by atoms with Crippen LogP contribution in [0.15, 0.2) is 42.5 Å². The van der Waals surface area contributed by atoms with E-state index in [-0.39, 0.29) is 17.8 Å². The summed E-state index contributed by atoms with van der Waals surface area (Å²) in [6.45, 7) is 3.29. The van der Waals surface area contributed by atoms with Crippen LogP contribution in [0.5, 0.6) is 5.75 Å². The minimum absolute atomic E-state index is 0.0198. The van der Waals surface area contributed by atoms with Gasteiger partial charge in [-0.15, -0.1) is 0 Å². The van der Waals surface area contributed by atoms with Crippen LogP contribution in [-0.2, 0) is 4.79 Å². The number of anilines is 2. The monoisotopic (exact) mass is 403 g/mol. The molecule has 1 amide bonds. The zero-order chi connectivity index (χ0) is 19.7. The van der Waals surface area contributed by atoms with E-state index in [1.54, 1.807) is 18.2 Å². The predicted octanol–water partition coefficient (Wildman–Crippen LogP) is 3.42. The summed E-state index contributed by atoms with van der Waals surface area (Å²) in [5, 5.41) is 0.651. The van der Waals surface area contributed by atoms with Gasteiger partial charge in [-0.3, -0.25) is 4.79 Å². The molecule has 0 spiro atoms. The third-order valence-corrected chi connectivity index (χ3v) is 5.75. The molecule has 0 N–H and O–H groups in total. The number of nitrogens with zero attached hydrogens (tertiary/aromatic N) is 3. The number of likely N-dealkylation sites (N-methyl/N-ethyl adjacent to an activating group) is 1. The van der Waals surface area contributed by atoms with Crippen LogP contribution >= 0.6 is 11.6 Å². The van der Waals surface area contributed by atoms with Crippen molar-refractivity contribution >= 4 is 28.9 Å². The van der Waals surface area contributed by atoms with Gasteiger partial charge in [0, 0.05) is 43.9 Å². The summed E-state index contributed by atoms with van der Waals surface area (Å²) in [5.41, 5.74) is 1.90. The molecule has 4 rings (SSSR count). The topological polar surface area (TPSA) is 36.0 Å². The Kier molecular flexibility index (Phi) is 5.31. The van der Waals surface area contributed by atoms with Crippen LogP contribution in [0.4, 0.5) is 15.8 Å². The van der Waals surface area contributed by atoms with E-state index in [1.807, 2.05) is 24.1 Å². The van der Waals surface area contributed by atoms with E-state index >= 15 is 0 Å². The lowest BCUT2D eigenvalue weighted by Gasteiger charge is -2.39. The van der Waals surface area contributed by atoms with E-state index in [1.165, 1.54) is 12.1 Å². The number of rotatable bonds is 3. The van der Waals surface area contributed by atoms with Gasteiger partial charge in [-0.05, 0) is 42.5 Å². The van der Waals surface area contributed by atoms with Crippen LogP contribution in [-0.4, -0.2) is 56.7 Å². The molecule has 1 unspecified atom stereocenters. The van der Waals surface area contributed by atoms with Crippen molar-refractivity contribution < 1.29 is 13.9 Å². The van der Waals surface area contributed by atoms with Crippen LogP contribution < -0.4 is 14.5 Å². The summed E-state index contributed by atoms with van der Waals surface area (Å²) in [6, 6.07) is 12.0. The lowest BCUT2D eigenvalue weighted by Crippen LogP contribution is -2.51. The van der Waals surface area contributed by atoms with Gasteiger partial charge in [0.25, 0.3) is 0 Å². The van der Waals surface area contributed by atoms with Gasteiger partial charge in [-0.1, -0.05) is 11.6 Å². The van der Waals surface area contributed by atoms with Crippen molar-refractivity contribution in [2.24, 2.45) is 0 Å². The number of fused-ring (bicyclic) bond motifs is 1. The molecule has 2 heterocycles. The number of halogens is 2. The van der Waals surface area contributed by atoms with Crippen molar-refractivity contribution in [1.82, 2.24) is 4.90 Å². The van der Waals surface area contributed by atoms with Gasteiger partial charge in [-0.2, -0.15) is 0 Å². The van der Waals surface area contributed by atoms with Crippen molar-refractivity contribution in [2.75, 3.05) is 49.6 Å². The molecule has 0 bridgehead atoms. The largest absolute Gasteiger partial charge is 0.489 e. The lowest BCUT2D eigenvalue weighted by molar-refractivity contribution is -0.132. The number of carbonyl (C=O) groups excluding carboxylic acids is 1. The fraction of sp³-hybridized carbons (Fsp3) is 0.381. The van der Waals surface area contributed by atoms with Gasteiger partial charge in [0.05, 0.1) is 18.2 Å². The van der Waals surface area contributed by atoms with Gasteiger partial charge < -0.3 is 19.4 Å². The summed E-state index contributed by atoms with van der Waals surface area (Å²) >= 11 is 6.11. The second-order valence-corrected chi connectivity index (χ2v) is 7.67. The molecule has 0 aromatic heterocycles. The molecule has 2 aromatic rings. The minimum Gasteiger partial charge on any atom is -0.489 e.